The number of anilines is 1. The van der Waals surface area contributed by atoms with Crippen LogP contribution < -0.4 is 4.90 Å². The number of nitrogens with zero attached hydrogens (tertiary/aromatic N) is 3. The number of fused-ring (bicyclic) bond motifs is 1. The third kappa shape index (κ3) is 3.93. The summed E-state index contributed by atoms with van der Waals surface area (Å²) < 4.78 is 28.4. The highest BCUT2D eigenvalue weighted by atomic mass is 32.2. The Kier molecular flexibility index (Phi) is 5.86. The van der Waals surface area contributed by atoms with E-state index in [4.69, 9.17) is 0 Å². The molecule has 5 rings (SSSR count). The first-order valence-electron chi connectivity index (χ1n) is 12.2. The maximum Gasteiger partial charge on any atom is 0.243 e. The Morgan fingerprint density at radius 3 is 2.29 bits per heavy atom. The second-order valence-corrected chi connectivity index (χ2v) is 11.8. The lowest BCUT2D eigenvalue weighted by Gasteiger charge is -2.40. The standard InChI is InChI=1S/C24H35N3O3S/c1-18-16-20-17-22(10-11-23(20)27(18)24(28)19-6-5-7-19)31(29,30)26-14-12-25(13-15-26)21-8-3-2-4-9-21/h10-11,17-19,21H,2-9,12-16H2,1H3/t18-/m1/s1. The fourth-order valence-electron chi connectivity index (χ4n) is 5.86. The topological polar surface area (TPSA) is 60.9 Å². The SMILES string of the molecule is C[C@@H]1Cc2cc(S(=O)(=O)N3CCN(C4CCCCC4)CC3)ccc2N1C(=O)C1CCC1. The molecule has 0 bridgehead atoms. The molecule has 170 valence electrons. The predicted octanol–water partition coefficient (Wildman–Crippen LogP) is 3.40. The molecule has 2 saturated carbocycles. The first-order valence-corrected chi connectivity index (χ1v) is 13.6. The van der Waals surface area contributed by atoms with Gasteiger partial charge in [0.25, 0.3) is 0 Å². The highest BCUT2D eigenvalue weighted by molar-refractivity contribution is 7.89. The van der Waals surface area contributed by atoms with Gasteiger partial charge < -0.3 is 4.90 Å². The molecule has 0 spiro atoms. The smallest absolute Gasteiger partial charge is 0.243 e. The number of sulfonamides is 1. The summed E-state index contributed by atoms with van der Waals surface area (Å²) in [5, 5.41) is 0. The van der Waals surface area contributed by atoms with Gasteiger partial charge in [-0.2, -0.15) is 4.31 Å². The summed E-state index contributed by atoms with van der Waals surface area (Å²) in [6.07, 6.45) is 10.3. The average molecular weight is 446 g/mol. The third-order valence-corrected chi connectivity index (χ3v) is 9.86. The Bertz CT molecular complexity index is 929. The maximum absolute atomic E-state index is 13.4. The van der Waals surface area contributed by atoms with E-state index in [1.54, 1.807) is 10.4 Å². The zero-order chi connectivity index (χ0) is 21.6. The Morgan fingerprint density at radius 1 is 0.935 bits per heavy atom. The lowest BCUT2D eigenvalue weighted by atomic mass is 9.84. The maximum atomic E-state index is 13.4. The first-order chi connectivity index (χ1) is 14.9. The molecule has 0 unspecified atom stereocenters. The highest BCUT2D eigenvalue weighted by Crippen LogP contribution is 2.38. The van der Waals surface area contributed by atoms with E-state index in [1.807, 2.05) is 17.0 Å². The number of hydrogen-bond donors (Lipinski definition) is 0. The Morgan fingerprint density at radius 2 is 1.65 bits per heavy atom. The molecule has 2 heterocycles. The summed E-state index contributed by atoms with van der Waals surface area (Å²) >= 11 is 0. The molecular formula is C24H35N3O3S. The molecule has 1 saturated heterocycles. The minimum atomic E-state index is -3.50. The molecule has 1 aromatic rings. The van der Waals surface area contributed by atoms with Crippen molar-refractivity contribution in [2.45, 2.75) is 81.7 Å². The molecule has 1 atom stereocenters. The predicted molar refractivity (Wildman–Crippen MR) is 122 cm³/mol. The fourth-order valence-corrected chi connectivity index (χ4v) is 7.33. The van der Waals surface area contributed by atoms with Crippen LogP contribution in [-0.2, 0) is 21.2 Å². The van der Waals surface area contributed by atoms with Gasteiger partial charge in [-0.25, -0.2) is 8.42 Å². The second kappa shape index (κ2) is 8.49. The van der Waals surface area contributed by atoms with Crippen LogP contribution in [0.25, 0.3) is 0 Å². The average Bonchev–Trinajstić information content (AvgIpc) is 3.08. The van der Waals surface area contributed by atoms with Crippen LogP contribution >= 0.6 is 0 Å². The molecule has 0 aromatic heterocycles. The quantitative estimate of drug-likeness (QED) is 0.713. The number of rotatable bonds is 4. The number of hydrogen-bond acceptors (Lipinski definition) is 4. The Labute approximate surface area is 186 Å². The summed E-state index contributed by atoms with van der Waals surface area (Å²) in [4.78, 5) is 17.7. The zero-order valence-electron chi connectivity index (χ0n) is 18.6. The lowest BCUT2D eigenvalue weighted by Crippen LogP contribution is -2.52. The number of benzene rings is 1. The van der Waals surface area contributed by atoms with Gasteiger partial charge in [0.15, 0.2) is 0 Å². The molecule has 2 aliphatic carbocycles. The van der Waals surface area contributed by atoms with Crippen molar-refractivity contribution in [2.24, 2.45) is 5.92 Å². The molecule has 1 amide bonds. The van der Waals surface area contributed by atoms with Crippen LogP contribution in [0.2, 0.25) is 0 Å². The van der Waals surface area contributed by atoms with Gasteiger partial charge >= 0.3 is 0 Å². The summed E-state index contributed by atoms with van der Waals surface area (Å²) in [7, 11) is -3.50. The van der Waals surface area contributed by atoms with E-state index in [0.717, 1.165) is 50.0 Å². The van der Waals surface area contributed by atoms with Crippen LogP contribution in [0.5, 0.6) is 0 Å². The molecule has 4 aliphatic rings. The van der Waals surface area contributed by atoms with Crippen molar-refractivity contribution < 1.29 is 13.2 Å². The highest BCUT2D eigenvalue weighted by Gasteiger charge is 2.38. The third-order valence-electron chi connectivity index (χ3n) is 7.96. The normalized spacial score (nSPS) is 26.6. The van der Waals surface area contributed by atoms with Gasteiger partial charge in [0.1, 0.15) is 0 Å². The van der Waals surface area contributed by atoms with Crippen LogP contribution in [0, 0.1) is 5.92 Å². The molecule has 31 heavy (non-hydrogen) atoms. The van der Waals surface area contributed by atoms with Crippen molar-refractivity contribution in [2.75, 3.05) is 31.1 Å². The lowest BCUT2D eigenvalue weighted by molar-refractivity contribution is -0.125. The summed E-state index contributed by atoms with van der Waals surface area (Å²) in [6, 6.07) is 6.13. The molecule has 6 nitrogen and oxygen atoms in total. The summed E-state index contributed by atoms with van der Waals surface area (Å²) in [5.41, 5.74) is 1.90. The number of carbonyl (C=O) groups excluding carboxylic acids is 1. The van der Waals surface area contributed by atoms with E-state index in [2.05, 4.69) is 11.8 Å². The number of carbonyl (C=O) groups is 1. The summed E-state index contributed by atoms with van der Waals surface area (Å²) in [5.74, 6) is 0.365. The second-order valence-electron chi connectivity index (χ2n) is 9.91. The van der Waals surface area contributed by atoms with Gasteiger partial charge in [-0.3, -0.25) is 9.69 Å². The van der Waals surface area contributed by atoms with Crippen LogP contribution in [-0.4, -0.2) is 61.8 Å². The monoisotopic (exact) mass is 445 g/mol. The molecular weight excluding hydrogens is 410 g/mol. The van der Waals surface area contributed by atoms with E-state index < -0.39 is 10.0 Å². The largest absolute Gasteiger partial charge is 0.309 e. The van der Waals surface area contributed by atoms with Crippen molar-refractivity contribution in [3.8, 4) is 0 Å². The van der Waals surface area contributed by atoms with Gasteiger partial charge in [0.2, 0.25) is 15.9 Å². The van der Waals surface area contributed by atoms with Crippen molar-refractivity contribution >= 4 is 21.6 Å². The van der Waals surface area contributed by atoms with Gasteiger partial charge in [0, 0.05) is 49.9 Å². The van der Waals surface area contributed by atoms with Gasteiger partial charge in [-0.1, -0.05) is 25.7 Å². The van der Waals surface area contributed by atoms with Gasteiger partial charge in [-0.15, -0.1) is 0 Å². The van der Waals surface area contributed by atoms with Crippen molar-refractivity contribution in [3.63, 3.8) is 0 Å². The van der Waals surface area contributed by atoms with Crippen molar-refractivity contribution in [1.82, 2.24) is 9.21 Å². The fraction of sp³-hybridized carbons (Fsp3) is 0.708. The van der Waals surface area contributed by atoms with Crippen molar-refractivity contribution in [1.29, 1.82) is 0 Å². The first kappa shape index (κ1) is 21.4. The molecule has 0 N–H and O–H groups in total. The van der Waals surface area contributed by atoms with E-state index in [1.165, 1.54) is 32.1 Å². The van der Waals surface area contributed by atoms with E-state index in [-0.39, 0.29) is 17.9 Å². The molecule has 3 fully saturated rings. The van der Waals surface area contributed by atoms with Crippen LogP contribution in [0.3, 0.4) is 0 Å². The summed E-state index contributed by atoms with van der Waals surface area (Å²) in [6.45, 7) is 4.86. The van der Waals surface area contributed by atoms with Gasteiger partial charge in [-0.05, 0) is 62.8 Å². The molecule has 1 aromatic carbocycles. The number of piperazine rings is 1. The van der Waals surface area contributed by atoms with Gasteiger partial charge in [0.05, 0.1) is 4.90 Å². The van der Waals surface area contributed by atoms with E-state index in [0.29, 0.717) is 24.0 Å². The molecule has 0 radical (unpaired) electrons. The Balaban J connectivity index is 1.29. The molecule has 2 aliphatic heterocycles. The minimum Gasteiger partial charge on any atom is -0.309 e. The van der Waals surface area contributed by atoms with E-state index in [9.17, 15) is 13.2 Å². The van der Waals surface area contributed by atoms with Crippen LogP contribution in [0.4, 0.5) is 5.69 Å². The van der Waals surface area contributed by atoms with Crippen molar-refractivity contribution in [3.05, 3.63) is 23.8 Å². The van der Waals surface area contributed by atoms with E-state index >= 15 is 0 Å². The zero-order valence-corrected chi connectivity index (χ0v) is 19.4. The minimum absolute atomic E-state index is 0.0973. The number of amides is 1. The Hall–Kier alpha value is -1.44. The van der Waals surface area contributed by atoms with Crippen LogP contribution in [0.15, 0.2) is 23.1 Å². The molecule has 7 heteroatoms. The van der Waals surface area contributed by atoms with Crippen LogP contribution in [0.1, 0.15) is 63.9 Å².